The van der Waals surface area contributed by atoms with Crippen LogP contribution in [0.3, 0.4) is 0 Å². The summed E-state index contributed by atoms with van der Waals surface area (Å²) in [4.78, 5) is 31.1. The smallest absolute Gasteiger partial charge is 0.274 e. The van der Waals surface area contributed by atoms with Crippen LogP contribution in [0.2, 0.25) is 0 Å². The van der Waals surface area contributed by atoms with Gasteiger partial charge in [-0.2, -0.15) is 0 Å². The van der Waals surface area contributed by atoms with E-state index in [1.165, 1.54) is 12.6 Å². The highest BCUT2D eigenvalue weighted by atomic mass is 16.2. The highest BCUT2D eigenvalue weighted by Gasteiger charge is 2.18. The van der Waals surface area contributed by atoms with E-state index in [9.17, 15) is 9.59 Å². The third kappa shape index (κ3) is 5.06. The van der Waals surface area contributed by atoms with Gasteiger partial charge in [-0.05, 0) is 49.2 Å². The summed E-state index contributed by atoms with van der Waals surface area (Å²) in [5.74, 6) is -0.478. The van der Waals surface area contributed by atoms with Crippen LogP contribution in [0.25, 0.3) is 0 Å². The molecule has 1 aliphatic carbocycles. The van der Waals surface area contributed by atoms with Crippen LogP contribution in [0.1, 0.15) is 53.0 Å². The van der Waals surface area contributed by atoms with Crippen LogP contribution in [-0.2, 0) is 0 Å². The number of carbonyl (C=O) groups excluding carboxylic acids is 2. The van der Waals surface area contributed by atoms with Gasteiger partial charge in [-0.1, -0.05) is 19.3 Å². The SMILES string of the molecule is CN(C)c1ccc(NC(=O)c2cc(C(=O)NC3CCCCC3)ccn2)cc1. The molecule has 0 saturated heterocycles. The largest absolute Gasteiger partial charge is 0.378 e. The molecule has 1 saturated carbocycles. The maximum atomic E-state index is 12.5. The summed E-state index contributed by atoms with van der Waals surface area (Å²) < 4.78 is 0. The van der Waals surface area contributed by atoms with Crippen molar-refractivity contribution >= 4 is 23.2 Å². The van der Waals surface area contributed by atoms with E-state index in [1.807, 2.05) is 43.3 Å². The minimum atomic E-state index is -0.333. The van der Waals surface area contributed by atoms with E-state index in [0.29, 0.717) is 11.3 Å². The first-order chi connectivity index (χ1) is 13.0. The van der Waals surface area contributed by atoms with Crippen molar-refractivity contribution < 1.29 is 9.59 Å². The van der Waals surface area contributed by atoms with E-state index < -0.39 is 0 Å². The predicted octanol–water partition coefficient (Wildman–Crippen LogP) is 3.46. The Balaban J connectivity index is 1.65. The monoisotopic (exact) mass is 366 g/mol. The maximum Gasteiger partial charge on any atom is 0.274 e. The minimum absolute atomic E-state index is 0.145. The highest BCUT2D eigenvalue weighted by molar-refractivity contribution is 6.04. The van der Waals surface area contributed by atoms with Gasteiger partial charge in [0.05, 0.1) is 0 Å². The number of amides is 2. The quantitative estimate of drug-likeness (QED) is 0.850. The summed E-state index contributed by atoms with van der Waals surface area (Å²) in [7, 11) is 3.92. The molecule has 1 aromatic heterocycles. The van der Waals surface area contributed by atoms with Crippen molar-refractivity contribution in [3.63, 3.8) is 0 Å². The fourth-order valence-electron chi connectivity index (χ4n) is 3.25. The zero-order valence-corrected chi connectivity index (χ0v) is 15.9. The molecule has 0 bridgehead atoms. The number of aromatic nitrogens is 1. The molecular formula is C21H26N4O2. The van der Waals surface area contributed by atoms with Crippen LogP contribution in [0.4, 0.5) is 11.4 Å². The molecule has 3 rings (SSSR count). The molecule has 2 amide bonds. The van der Waals surface area contributed by atoms with E-state index in [1.54, 1.807) is 12.1 Å². The number of hydrogen-bond donors (Lipinski definition) is 2. The van der Waals surface area contributed by atoms with Crippen LogP contribution in [0.5, 0.6) is 0 Å². The summed E-state index contributed by atoms with van der Waals surface area (Å²) in [6.07, 6.45) is 7.09. The zero-order valence-electron chi connectivity index (χ0n) is 15.9. The third-order valence-electron chi connectivity index (χ3n) is 4.84. The highest BCUT2D eigenvalue weighted by Crippen LogP contribution is 2.18. The van der Waals surface area contributed by atoms with Gasteiger partial charge in [-0.25, -0.2) is 0 Å². The summed E-state index contributed by atoms with van der Waals surface area (Å²) in [5, 5.41) is 5.88. The number of anilines is 2. The fourth-order valence-corrected chi connectivity index (χ4v) is 3.25. The van der Waals surface area contributed by atoms with Gasteiger partial charge in [0.1, 0.15) is 5.69 Å². The number of carbonyl (C=O) groups is 2. The standard InChI is InChI=1S/C21H26N4O2/c1-25(2)18-10-8-17(9-11-18)24-21(27)19-14-15(12-13-22-19)20(26)23-16-6-4-3-5-7-16/h8-14,16H,3-7H2,1-2H3,(H,23,26)(H,24,27). The lowest BCUT2D eigenvalue weighted by molar-refractivity contribution is 0.0927. The Morgan fingerprint density at radius 3 is 2.37 bits per heavy atom. The molecule has 0 atom stereocenters. The molecule has 2 N–H and O–H groups in total. The second kappa shape index (κ2) is 8.66. The molecule has 0 unspecified atom stereocenters. The molecule has 0 radical (unpaired) electrons. The van der Waals surface area contributed by atoms with Crippen molar-refractivity contribution in [2.24, 2.45) is 0 Å². The Bertz CT molecular complexity index is 796. The molecule has 2 aromatic rings. The number of nitrogens with one attached hydrogen (secondary N) is 2. The molecule has 1 fully saturated rings. The summed E-state index contributed by atoms with van der Waals surface area (Å²) in [5.41, 5.74) is 2.42. The van der Waals surface area contributed by atoms with Crippen molar-refractivity contribution in [3.8, 4) is 0 Å². The van der Waals surface area contributed by atoms with Gasteiger partial charge in [-0.15, -0.1) is 0 Å². The van der Waals surface area contributed by atoms with E-state index in [-0.39, 0.29) is 23.6 Å². The molecule has 6 heteroatoms. The van der Waals surface area contributed by atoms with Gasteiger partial charge in [-0.3, -0.25) is 14.6 Å². The van der Waals surface area contributed by atoms with Crippen LogP contribution in [-0.4, -0.2) is 36.9 Å². The van der Waals surface area contributed by atoms with E-state index in [0.717, 1.165) is 31.4 Å². The van der Waals surface area contributed by atoms with Crippen LogP contribution in [0, 0.1) is 0 Å². The van der Waals surface area contributed by atoms with Crippen molar-refractivity contribution in [3.05, 3.63) is 53.9 Å². The summed E-state index contributed by atoms with van der Waals surface area (Å²) in [6.45, 7) is 0. The molecule has 1 aromatic carbocycles. The van der Waals surface area contributed by atoms with Crippen molar-refractivity contribution in [2.75, 3.05) is 24.3 Å². The number of pyridine rings is 1. The first-order valence-corrected chi connectivity index (χ1v) is 9.38. The van der Waals surface area contributed by atoms with E-state index in [2.05, 4.69) is 15.6 Å². The van der Waals surface area contributed by atoms with Gasteiger partial charge >= 0.3 is 0 Å². The lowest BCUT2D eigenvalue weighted by atomic mass is 9.95. The third-order valence-corrected chi connectivity index (χ3v) is 4.84. The van der Waals surface area contributed by atoms with Crippen molar-refractivity contribution in [1.82, 2.24) is 10.3 Å². The van der Waals surface area contributed by atoms with Crippen molar-refractivity contribution in [1.29, 1.82) is 0 Å². The fraction of sp³-hybridized carbons (Fsp3) is 0.381. The minimum Gasteiger partial charge on any atom is -0.378 e. The van der Waals surface area contributed by atoms with Crippen molar-refractivity contribution in [2.45, 2.75) is 38.1 Å². The molecule has 1 aliphatic rings. The number of nitrogens with zero attached hydrogens (tertiary/aromatic N) is 2. The molecule has 0 spiro atoms. The van der Waals surface area contributed by atoms with Crippen LogP contribution >= 0.6 is 0 Å². The lowest BCUT2D eigenvalue weighted by Gasteiger charge is -2.22. The Kier molecular flexibility index (Phi) is 6.06. The van der Waals surface area contributed by atoms with Gasteiger partial charge in [0.2, 0.25) is 0 Å². The second-order valence-corrected chi connectivity index (χ2v) is 7.13. The van der Waals surface area contributed by atoms with Gasteiger partial charge in [0, 0.05) is 43.3 Å². The number of rotatable bonds is 5. The number of hydrogen-bond acceptors (Lipinski definition) is 4. The number of benzene rings is 1. The molecule has 142 valence electrons. The Labute approximate surface area is 160 Å². The molecule has 0 aliphatic heterocycles. The van der Waals surface area contributed by atoms with Crippen LogP contribution in [0.15, 0.2) is 42.6 Å². The van der Waals surface area contributed by atoms with Gasteiger partial charge in [0.15, 0.2) is 0 Å². The lowest BCUT2D eigenvalue weighted by Crippen LogP contribution is -2.36. The molecule has 27 heavy (non-hydrogen) atoms. The van der Waals surface area contributed by atoms with Gasteiger partial charge in [0.25, 0.3) is 11.8 Å². The zero-order chi connectivity index (χ0) is 19.2. The average Bonchev–Trinajstić information content (AvgIpc) is 2.69. The molecule has 1 heterocycles. The van der Waals surface area contributed by atoms with E-state index >= 15 is 0 Å². The second-order valence-electron chi connectivity index (χ2n) is 7.13. The first kappa shape index (κ1) is 18.9. The normalized spacial score (nSPS) is 14.4. The Hall–Kier alpha value is -2.89. The Morgan fingerprint density at radius 1 is 1.00 bits per heavy atom. The Morgan fingerprint density at radius 2 is 1.70 bits per heavy atom. The summed E-state index contributed by atoms with van der Waals surface area (Å²) >= 11 is 0. The topological polar surface area (TPSA) is 74.3 Å². The van der Waals surface area contributed by atoms with E-state index in [4.69, 9.17) is 0 Å². The maximum absolute atomic E-state index is 12.5. The first-order valence-electron chi connectivity index (χ1n) is 9.38. The molecular weight excluding hydrogens is 340 g/mol. The average molecular weight is 366 g/mol. The summed E-state index contributed by atoms with van der Waals surface area (Å²) in [6, 6.07) is 10.9. The van der Waals surface area contributed by atoms with Crippen LogP contribution < -0.4 is 15.5 Å². The predicted molar refractivity (Wildman–Crippen MR) is 107 cm³/mol. The van der Waals surface area contributed by atoms with Gasteiger partial charge < -0.3 is 15.5 Å². The molecule has 6 nitrogen and oxygen atoms in total.